The summed E-state index contributed by atoms with van der Waals surface area (Å²) >= 11 is 0. The molecule has 0 saturated carbocycles. The van der Waals surface area contributed by atoms with Crippen LogP contribution in [-0.2, 0) is 17.8 Å². The Morgan fingerprint density at radius 2 is 1.67 bits per heavy atom. The average molecular weight is 371 g/mol. The molecule has 0 heterocycles. The molecule has 2 aromatic rings. The van der Waals surface area contributed by atoms with Gasteiger partial charge in [-0.15, -0.1) is 0 Å². The molecular formula is C21H29N3O3. The number of carbonyl (C=O) groups excluding carboxylic acids is 1. The molecule has 0 radical (unpaired) electrons. The molecule has 0 saturated heterocycles. The Hall–Kier alpha value is -2.41. The second-order valence-corrected chi connectivity index (χ2v) is 7.11. The summed E-state index contributed by atoms with van der Waals surface area (Å²) in [4.78, 5) is 12.8. The van der Waals surface area contributed by atoms with E-state index in [4.69, 9.17) is 0 Å². The molecule has 2 aromatic carbocycles. The second kappa shape index (κ2) is 10.7. The lowest BCUT2D eigenvalue weighted by Crippen LogP contribution is -2.52. The molecule has 5 N–H and O–H groups in total. The van der Waals surface area contributed by atoms with E-state index in [-0.39, 0.29) is 11.7 Å². The number of hydrogen-bond donors (Lipinski definition) is 5. The lowest BCUT2D eigenvalue weighted by atomic mass is 10.0. The van der Waals surface area contributed by atoms with E-state index in [0.29, 0.717) is 25.3 Å². The van der Waals surface area contributed by atoms with Gasteiger partial charge in [0, 0.05) is 6.54 Å². The molecule has 1 amide bonds. The van der Waals surface area contributed by atoms with E-state index in [1.807, 2.05) is 44.2 Å². The van der Waals surface area contributed by atoms with Gasteiger partial charge in [-0.3, -0.25) is 4.79 Å². The maximum atomic E-state index is 12.8. The van der Waals surface area contributed by atoms with Crippen LogP contribution in [0.4, 0.5) is 0 Å². The third-order valence-corrected chi connectivity index (χ3v) is 4.27. The highest BCUT2D eigenvalue weighted by Crippen LogP contribution is 2.12. The Bertz CT molecular complexity index is 690. The van der Waals surface area contributed by atoms with Crippen LogP contribution in [0.2, 0.25) is 0 Å². The molecule has 6 nitrogen and oxygen atoms in total. The Morgan fingerprint density at radius 3 is 2.26 bits per heavy atom. The van der Waals surface area contributed by atoms with Crippen LogP contribution in [0.25, 0.3) is 0 Å². The summed E-state index contributed by atoms with van der Waals surface area (Å²) in [5.41, 5.74) is 4.19. The van der Waals surface area contributed by atoms with Crippen molar-refractivity contribution in [1.29, 1.82) is 0 Å². The van der Waals surface area contributed by atoms with E-state index in [1.165, 1.54) is 0 Å². The first-order chi connectivity index (χ1) is 13.0. The van der Waals surface area contributed by atoms with Crippen LogP contribution in [-0.4, -0.2) is 28.4 Å². The Balaban J connectivity index is 2.06. The standard InChI is InChI=1S/C21H29N3O3/c1-15(2)12-20(24-27)23-21(26)19(13-16-8-10-18(25)11-9-16)22-14-17-6-4-3-5-7-17/h3-11,15,19-20,22,24-25,27H,12-14H2,1-2H3,(H,23,26). The molecule has 0 fully saturated rings. The van der Waals surface area contributed by atoms with Crippen molar-refractivity contribution in [1.82, 2.24) is 16.1 Å². The van der Waals surface area contributed by atoms with Gasteiger partial charge in [-0.25, -0.2) is 0 Å². The molecule has 27 heavy (non-hydrogen) atoms. The average Bonchev–Trinajstić information content (AvgIpc) is 2.66. The zero-order chi connectivity index (χ0) is 19.6. The van der Waals surface area contributed by atoms with Gasteiger partial charge in [-0.2, -0.15) is 5.48 Å². The monoisotopic (exact) mass is 371 g/mol. The van der Waals surface area contributed by atoms with Crippen molar-refractivity contribution in [3.8, 4) is 5.75 Å². The van der Waals surface area contributed by atoms with Crippen molar-refractivity contribution in [2.45, 2.75) is 45.4 Å². The summed E-state index contributed by atoms with van der Waals surface area (Å²) in [5.74, 6) is 0.326. The molecule has 0 aromatic heterocycles. The predicted molar refractivity (Wildman–Crippen MR) is 105 cm³/mol. The largest absolute Gasteiger partial charge is 0.508 e. The van der Waals surface area contributed by atoms with Gasteiger partial charge in [0.05, 0.1) is 6.04 Å². The van der Waals surface area contributed by atoms with Crippen molar-refractivity contribution in [3.05, 3.63) is 65.7 Å². The first kappa shape index (κ1) is 20.9. The molecule has 0 aliphatic heterocycles. The van der Waals surface area contributed by atoms with E-state index in [9.17, 15) is 15.1 Å². The quantitative estimate of drug-likeness (QED) is 0.327. The minimum absolute atomic E-state index is 0.189. The highest BCUT2D eigenvalue weighted by atomic mass is 16.5. The number of carbonyl (C=O) groups is 1. The molecule has 2 rings (SSSR count). The molecule has 0 spiro atoms. The molecule has 146 valence electrons. The van der Waals surface area contributed by atoms with Crippen molar-refractivity contribution >= 4 is 5.91 Å². The number of benzene rings is 2. The van der Waals surface area contributed by atoms with Gasteiger partial charge < -0.3 is 20.9 Å². The number of nitrogens with one attached hydrogen (secondary N) is 3. The van der Waals surface area contributed by atoms with Crippen LogP contribution >= 0.6 is 0 Å². The van der Waals surface area contributed by atoms with Gasteiger partial charge in [0.15, 0.2) is 0 Å². The highest BCUT2D eigenvalue weighted by molar-refractivity contribution is 5.82. The fourth-order valence-corrected chi connectivity index (χ4v) is 2.85. The van der Waals surface area contributed by atoms with Gasteiger partial charge in [0.25, 0.3) is 0 Å². The van der Waals surface area contributed by atoms with Gasteiger partial charge in [-0.1, -0.05) is 56.3 Å². The van der Waals surface area contributed by atoms with E-state index in [2.05, 4.69) is 16.1 Å². The topological polar surface area (TPSA) is 93.6 Å². The number of hydroxylamine groups is 1. The molecule has 0 bridgehead atoms. The van der Waals surface area contributed by atoms with Crippen LogP contribution in [0, 0.1) is 5.92 Å². The predicted octanol–water partition coefficient (Wildman–Crippen LogP) is 2.56. The molecule has 0 aliphatic carbocycles. The lowest BCUT2D eigenvalue weighted by molar-refractivity contribution is -0.125. The zero-order valence-electron chi connectivity index (χ0n) is 15.9. The summed E-state index contributed by atoms with van der Waals surface area (Å²) in [6.45, 7) is 4.61. The minimum atomic E-state index is -0.502. The van der Waals surface area contributed by atoms with E-state index < -0.39 is 12.2 Å². The Labute approximate surface area is 160 Å². The van der Waals surface area contributed by atoms with Crippen molar-refractivity contribution in [3.63, 3.8) is 0 Å². The zero-order valence-corrected chi connectivity index (χ0v) is 15.9. The third-order valence-electron chi connectivity index (χ3n) is 4.27. The first-order valence-corrected chi connectivity index (χ1v) is 9.23. The Morgan fingerprint density at radius 1 is 1.00 bits per heavy atom. The number of hydrogen-bond acceptors (Lipinski definition) is 5. The van der Waals surface area contributed by atoms with Crippen molar-refractivity contribution in [2.75, 3.05) is 0 Å². The van der Waals surface area contributed by atoms with E-state index >= 15 is 0 Å². The molecule has 2 atom stereocenters. The number of phenolic OH excluding ortho intramolecular Hbond substituents is 1. The minimum Gasteiger partial charge on any atom is -0.508 e. The number of amides is 1. The van der Waals surface area contributed by atoms with Gasteiger partial charge in [-0.05, 0) is 42.0 Å². The molecular weight excluding hydrogens is 342 g/mol. The number of rotatable bonds is 10. The van der Waals surface area contributed by atoms with Crippen LogP contribution in [0.3, 0.4) is 0 Å². The van der Waals surface area contributed by atoms with Crippen LogP contribution in [0.5, 0.6) is 5.75 Å². The first-order valence-electron chi connectivity index (χ1n) is 9.23. The SMILES string of the molecule is CC(C)CC(NO)NC(=O)C(Cc1ccc(O)cc1)NCc1ccccc1. The maximum absolute atomic E-state index is 12.8. The fraction of sp³-hybridized carbons (Fsp3) is 0.381. The van der Waals surface area contributed by atoms with Crippen molar-refractivity contribution in [2.24, 2.45) is 5.92 Å². The van der Waals surface area contributed by atoms with E-state index in [0.717, 1.165) is 11.1 Å². The normalized spacial score (nSPS) is 13.3. The van der Waals surface area contributed by atoms with E-state index in [1.54, 1.807) is 24.3 Å². The molecule has 0 aliphatic rings. The summed E-state index contributed by atoms with van der Waals surface area (Å²) in [6, 6.07) is 16.2. The third kappa shape index (κ3) is 7.38. The second-order valence-electron chi connectivity index (χ2n) is 7.11. The van der Waals surface area contributed by atoms with Crippen molar-refractivity contribution < 1.29 is 15.1 Å². The summed E-state index contributed by atoms with van der Waals surface area (Å²) in [7, 11) is 0. The van der Waals surface area contributed by atoms with Crippen LogP contribution < -0.4 is 16.1 Å². The summed E-state index contributed by atoms with van der Waals surface area (Å²) in [6.07, 6.45) is 0.587. The number of phenols is 1. The summed E-state index contributed by atoms with van der Waals surface area (Å²) in [5, 5.41) is 24.9. The maximum Gasteiger partial charge on any atom is 0.238 e. The van der Waals surface area contributed by atoms with Crippen LogP contribution in [0.15, 0.2) is 54.6 Å². The molecule has 6 heteroatoms. The summed E-state index contributed by atoms with van der Waals surface area (Å²) < 4.78 is 0. The highest BCUT2D eigenvalue weighted by Gasteiger charge is 2.22. The fourth-order valence-electron chi connectivity index (χ4n) is 2.85. The van der Waals surface area contributed by atoms with Gasteiger partial charge >= 0.3 is 0 Å². The van der Waals surface area contributed by atoms with Crippen LogP contribution in [0.1, 0.15) is 31.4 Å². The number of aromatic hydroxyl groups is 1. The smallest absolute Gasteiger partial charge is 0.238 e. The molecule has 2 unspecified atom stereocenters. The Kier molecular flexibility index (Phi) is 8.26. The van der Waals surface area contributed by atoms with Gasteiger partial charge in [0.1, 0.15) is 11.9 Å². The lowest BCUT2D eigenvalue weighted by Gasteiger charge is -2.24. The van der Waals surface area contributed by atoms with Gasteiger partial charge in [0.2, 0.25) is 5.91 Å².